The van der Waals surface area contributed by atoms with E-state index in [2.05, 4.69) is 15.4 Å². The molecule has 3 rings (SSSR count). The SMILES string of the molecule is Cn1cc(CN2C[C@@H](F)C[C@H]2CNC(=O)c2cc(C#N)c[nH]2)cn1. The maximum Gasteiger partial charge on any atom is 0.267 e. The maximum atomic E-state index is 13.8. The summed E-state index contributed by atoms with van der Waals surface area (Å²) in [5.41, 5.74) is 1.76. The zero-order chi connectivity index (χ0) is 17.1. The number of rotatable bonds is 5. The van der Waals surface area contributed by atoms with Crippen molar-refractivity contribution in [1.29, 1.82) is 5.26 Å². The van der Waals surface area contributed by atoms with Crippen molar-refractivity contribution in [1.82, 2.24) is 25.0 Å². The van der Waals surface area contributed by atoms with Gasteiger partial charge in [0.25, 0.3) is 5.91 Å². The molecule has 3 heterocycles. The van der Waals surface area contributed by atoms with Gasteiger partial charge in [-0.15, -0.1) is 0 Å². The van der Waals surface area contributed by atoms with Crippen LogP contribution in [0.5, 0.6) is 0 Å². The highest BCUT2D eigenvalue weighted by atomic mass is 19.1. The third kappa shape index (κ3) is 3.63. The Hall–Kier alpha value is -2.66. The highest BCUT2D eigenvalue weighted by Gasteiger charge is 2.32. The van der Waals surface area contributed by atoms with Crippen molar-refractivity contribution in [2.45, 2.75) is 25.2 Å². The number of H-pyrrole nitrogens is 1. The Labute approximate surface area is 139 Å². The molecule has 2 N–H and O–H groups in total. The Bertz CT molecular complexity index is 761. The predicted molar refractivity (Wildman–Crippen MR) is 84.8 cm³/mol. The first-order valence-corrected chi connectivity index (χ1v) is 7.77. The molecule has 7 nitrogen and oxygen atoms in total. The van der Waals surface area contributed by atoms with Crippen LogP contribution in [-0.2, 0) is 13.6 Å². The Kier molecular flexibility index (Phi) is 4.62. The van der Waals surface area contributed by atoms with E-state index in [0.717, 1.165) is 5.56 Å². The highest BCUT2D eigenvalue weighted by Crippen LogP contribution is 2.22. The predicted octanol–water partition coefficient (Wildman–Crippen LogP) is 0.962. The van der Waals surface area contributed by atoms with Crippen LogP contribution in [0.3, 0.4) is 0 Å². The number of aromatic nitrogens is 3. The average molecular weight is 330 g/mol. The number of aromatic amines is 1. The second kappa shape index (κ2) is 6.84. The number of nitriles is 1. The van der Waals surface area contributed by atoms with Crippen molar-refractivity contribution in [2.75, 3.05) is 13.1 Å². The number of hydrogen-bond acceptors (Lipinski definition) is 4. The molecule has 1 saturated heterocycles. The van der Waals surface area contributed by atoms with Gasteiger partial charge in [0.05, 0.1) is 11.8 Å². The fraction of sp³-hybridized carbons (Fsp3) is 0.438. The standard InChI is InChI=1S/C16H19FN6O/c1-22-8-12(6-21-22)9-23-10-13(17)3-14(23)7-20-16(24)15-2-11(4-18)5-19-15/h2,5-6,8,13-14,19H,3,7,9-10H2,1H3,(H,20,24)/t13-,14-/m0/s1. The molecule has 0 aliphatic carbocycles. The summed E-state index contributed by atoms with van der Waals surface area (Å²) in [5, 5.41) is 15.7. The van der Waals surface area contributed by atoms with Gasteiger partial charge in [0.15, 0.2) is 0 Å². The normalized spacial score (nSPS) is 20.9. The molecule has 8 heteroatoms. The van der Waals surface area contributed by atoms with Gasteiger partial charge in [0.1, 0.15) is 17.9 Å². The van der Waals surface area contributed by atoms with E-state index in [0.29, 0.717) is 37.3 Å². The molecule has 1 fully saturated rings. The summed E-state index contributed by atoms with van der Waals surface area (Å²) >= 11 is 0. The lowest BCUT2D eigenvalue weighted by Gasteiger charge is -2.23. The molecule has 0 saturated carbocycles. The second-order valence-corrected chi connectivity index (χ2v) is 6.06. The van der Waals surface area contributed by atoms with E-state index in [4.69, 9.17) is 5.26 Å². The minimum absolute atomic E-state index is 0.0606. The van der Waals surface area contributed by atoms with Crippen molar-refractivity contribution in [3.8, 4) is 6.07 Å². The largest absolute Gasteiger partial charge is 0.356 e. The molecule has 0 radical (unpaired) electrons. The topological polar surface area (TPSA) is 89.7 Å². The van der Waals surface area contributed by atoms with E-state index >= 15 is 0 Å². The van der Waals surface area contributed by atoms with E-state index in [1.165, 1.54) is 12.3 Å². The van der Waals surface area contributed by atoms with Crippen LogP contribution >= 0.6 is 0 Å². The molecule has 1 amide bonds. The van der Waals surface area contributed by atoms with Crippen LogP contribution in [0.15, 0.2) is 24.7 Å². The molecule has 0 aromatic carbocycles. The number of amides is 1. The number of nitrogens with one attached hydrogen (secondary N) is 2. The average Bonchev–Trinajstić information content (AvgIpc) is 3.26. The molecule has 24 heavy (non-hydrogen) atoms. The molecule has 0 unspecified atom stereocenters. The number of halogens is 1. The Morgan fingerprint density at radius 1 is 1.62 bits per heavy atom. The Balaban J connectivity index is 1.58. The number of nitrogens with zero attached hydrogens (tertiary/aromatic N) is 4. The zero-order valence-electron chi connectivity index (χ0n) is 13.4. The van der Waals surface area contributed by atoms with Crippen LogP contribution in [0.4, 0.5) is 4.39 Å². The lowest BCUT2D eigenvalue weighted by Crippen LogP contribution is -2.39. The molecule has 1 aliphatic heterocycles. The lowest BCUT2D eigenvalue weighted by atomic mass is 10.2. The first kappa shape index (κ1) is 16.2. The number of carbonyl (C=O) groups is 1. The molecular weight excluding hydrogens is 311 g/mol. The van der Waals surface area contributed by atoms with Crippen LogP contribution in [0.1, 0.15) is 28.0 Å². The van der Waals surface area contributed by atoms with Gasteiger partial charge in [0.2, 0.25) is 0 Å². The van der Waals surface area contributed by atoms with Gasteiger partial charge in [-0.2, -0.15) is 10.4 Å². The van der Waals surface area contributed by atoms with Crippen LogP contribution < -0.4 is 5.32 Å². The van der Waals surface area contributed by atoms with Gasteiger partial charge < -0.3 is 10.3 Å². The van der Waals surface area contributed by atoms with Gasteiger partial charge in [-0.1, -0.05) is 0 Å². The maximum absolute atomic E-state index is 13.8. The number of likely N-dealkylation sites (tertiary alicyclic amines) is 1. The number of carbonyl (C=O) groups excluding carboxylic acids is 1. The quantitative estimate of drug-likeness (QED) is 0.854. The van der Waals surface area contributed by atoms with Crippen LogP contribution in [0.2, 0.25) is 0 Å². The molecule has 2 aromatic rings. The zero-order valence-corrected chi connectivity index (χ0v) is 13.4. The third-order valence-electron chi connectivity index (χ3n) is 4.18. The smallest absolute Gasteiger partial charge is 0.267 e. The molecular formula is C16H19FN6O. The highest BCUT2D eigenvalue weighted by molar-refractivity contribution is 5.92. The van der Waals surface area contributed by atoms with E-state index in [1.54, 1.807) is 10.9 Å². The van der Waals surface area contributed by atoms with Crippen molar-refractivity contribution in [2.24, 2.45) is 7.05 Å². The summed E-state index contributed by atoms with van der Waals surface area (Å²) in [6.07, 6.45) is 4.66. The third-order valence-corrected chi connectivity index (χ3v) is 4.18. The molecule has 2 atom stereocenters. The summed E-state index contributed by atoms with van der Waals surface area (Å²) < 4.78 is 15.5. The summed E-state index contributed by atoms with van der Waals surface area (Å²) in [7, 11) is 1.84. The lowest BCUT2D eigenvalue weighted by molar-refractivity contribution is 0.0935. The summed E-state index contributed by atoms with van der Waals surface area (Å²) in [5.74, 6) is -0.292. The summed E-state index contributed by atoms with van der Waals surface area (Å²) in [4.78, 5) is 16.9. The monoisotopic (exact) mass is 330 g/mol. The van der Waals surface area contributed by atoms with Gasteiger partial charge in [-0.25, -0.2) is 4.39 Å². The van der Waals surface area contributed by atoms with Crippen LogP contribution in [0.25, 0.3) is 0 Å². The second-order valence-electron chi connectivity index (χ2n) is 6.06. The Morgan fingerprint density at radius 2 is 2.46 bits per heavy atom. The number of alkyl halides is 1. The molecule has 2 aromatic heterocycles. The van der Waals surface area contributed by atoms with Gasteiger partial charge in [0, 0.05) is 50.7 Å². The molecule has 0 spiro atoms. The fourth-order valence-corrected chi connectivity index (χ4v) is 3.01. The van der Waals surface area contributed by atoms with Crippen molar-refractivity contribution in [3.63, 3.8) is 0 Å². The van der Waals surface area contributed by atoms with E-state index in [-0.39, 0.29) is 11.9 Å². The first-order chi connectivity index (χ1) is 11.5. The van der Waals surface area contributed by atoms with Crippen LogP contribution in [0, 0.1) is 11.3 Å². The van der Waals surface area contributed by atoms with Crippen molar-refractivity contribution >= 4 is 5.91 Å². The van der Waals surface area contributed by atoms with Gasteiger partial charge in [-0.3, -0.25) is 14.4 Å². The summed E-state index contributed by atoms with van der Waals surface area (Å²) in [6.45, 7) is 1.33. The van der Waals surface area contributed by atoms with Gasteiger partial charge >= 0.3 is 0 Å². The Morgan fingerprint density at radius 3 is 3.12 bits per heavy atom. The number of hydrogen-bond donors (Lipinski definition) is 2. The molecule has 126 valence electrons. The van der Waals surface area contributed by atoms with E-state index in [9.17, 15) is 9.18 Å². The van der Waals surface area contributed by atoms with Crippen molar-refractivity contribution < 1.29 is 9.18 Å². The molecule has 1 aliphatic rings. The minimum Gasteiger partial charge on any atom is -0.356 e. The van der Waals surface area contributed by atoms with Crippen molar-refractivity contribution in [3.05, 3.63) is 41.5 Å². The fourth-order valence-electron chi connectivity index (χ4n) is 3.01. The number of aryl methyl sites for hydroxylation is 1. The molecule has 0 bridgehead atoms. The first-order valence-electron chi connectivity index (χ1n) is 7.77. The van der Waals surface area contributed by atoms with Gasteiger partial charge in [-0.05, 0) is 12.5 Å². The van der Waals surface area contributed by atoms with E-state index < -0.39 is 6.17 Å². The summed E-state index contributed by atoms with van der Waals surface area (Å²) in [6, 6.07) is 3.40. The van der Waals surface area contributed by atoms with E-state index in [1.807, 2.05) is 24.2 Å². The van der Waals surface area contributed by atoms with Crippen LogP contribution in [-0.4, -0.2) is 50.9 Å². The minimum atomic E-state index is -0.890.